The lowest BCUT2D eigenvalue weighted by atomic mass is 9.88. The lowest BCUT2D eigenvalue weighted by molar-refractivity contribution is 0.0907. The van der Waals surface area contributed by atoms with Crippen molar-refractivity contribution in [3.63, 3.8) is 0 Å². The minimum absolute atomic E-state index is 0.0631. The first kappa shape index (κ1) is 12.8. The normalized spacial score (nSPS) is 18.2. The van der Waals surface area contributed by atoms with Gasteiger partial charge in [-0.05, 0) is 36.6 Å². The van der Waals surface area contributed by atoms with E-state index in [0.717, 1.165) is 12.8 Å². The number of amides is 1. The van der Waals surface area contributed by atoms with Gasteiger partial charge in [0.2, 0.25) is 0 Å². The summed E-state index contributed by atoms with van der Waals surface area (Å²) in [5.74, 6) is 0.609. The molecule has 0 bridgehead atoms. The minimum atomic E-state index is -0.228. The average Bonchev–Trinajstić information content (AvgIpc) is 2.95. The molecule has 0 aromatic carbocycles. The van der Waals surface area contributed by atoms with Crippen LogP contribution in [0.1, 0.15) is 36.2 Å². The number of rotatable bonds is 4. The van der Waals surface area contributed by atoms with E-state index >= 15 is 0 Å². The van der Waals surface area contributed by atoms with Crippen LogP contribution >= 0.6 is 23.2 Å². The molecular formula is C12H15Cl2NO2. The van der Waals surface area contributed by atoms with E-state index in [1.165, 1.54) is 12.8 Å². The molecule has 1 N–H and O–H groups in total. The van der Waals surface area contributed by atoms with Gasteiger partial charge in [-0.3, -0.25) is 4.79 Å². The van der Waals surface area contributed by atoms with Crippen LogP contribution in [-0.2, 0) is 0 Å². The van der Waals surface area contributed by atoms with Crippen molar-refractivity contribution >= 4 is 29.1 Å². The topological polar surface area (TPSA) is 42.2 Å². The van der Waals surface area contributed by atoms with Crippen LogP contribution in [0.3, 0.4) is 0 Å². The van der Waals surface area contributed by atoms with Crippen molar-refractivity contribution in [1.82, 2.24) is 5.32 Å². The van der Waals surface area contributed by atoms with Gasteiger partial charge in [-0.2, -0.15) is 0 Å². The van der Waals surface area contributed by atoms with Crippen LogP contribution in [0.2, 0.25) is 5.22 Å². The highest BCUT2D eigenvalue weighted by Crippen LogP contribution is 2.38. The van der Waals surface area contributed by atoms with Gasteiger partial charge < -0.3 is 9.73 Å². The Bertz CT molecular complexity index is 397. The second-order valence-corrected chi connectivity index (χ2v) is 5.27. The number of halogens is 2. The molecule has 0 aliphatic heterocycles. The molecule has 1 aliphatic carbocycles. The molecule has 0 spiro atoms. The highest BCUT2D eigenvalue weighted by Gasteiger charge is 2.33. The molecule has 0 radical (unpaired) electrons. The van der Waals surface area contributed by atoms with E-state index in [0.29, 0.717) is 12.4 Å². The number of alkyl halides is 1. The van der Waals surface area contributed by atoms with Crippen molar-refractivity contribution in [3.8, 4) is 0 Å². The van der Waals surface area contributed by atoms with Gasteiger partial charge in [0.15, 0.2) is 11.0 Å². The molecule has 1 aromatic heterocycles. The van der Waals surface area contributed by atoms with Crippen LogP contribution in [0.25, 0.3) is 0 Å². The smallest absolute Gasteiger partial charge is 0.287 e. The summed E-state index contributed by atoms with van der Waals surface area (Å²) in [6, 6.07) is 3.13. The molecule has 0 atom stereocenters. The first-order valence-electron chi connectivity index (χ1n) is 5.75. The number of furan rings is 1. The van der Waals surface area contributed by atoms with E-state index < -0.39 is 0 Å². The van der Waals surface area contributed by atoms with Crippen LogP contribution in [0, 0.1) is 5.41 Å². The second-order valence-electron chi connectivity index (χ2n) is 4.63. The van der Waals surface area contributed by atoms with Crippen LogP contribution in [-0.4, -0.2) is 18.3 Å². The Morgan fingerprint density at radius 2 is 2.12 bits per heavy atom. The van der Waals surface area contributed by atoms with Crippen molar-refractivity contribution in [2.45, 2.75) is 25.7 Å². The summed E-state index contributed by atoms with van der Waals surface area (Å²) in [5.41, 5.74) is 0.0631. The standard InChI is InChI=1S/C12H15Cl2NO2/c13-7-12(5-1-2-6-12)8-15-11(16)9-3-4-10(14)17-9/h3-4H,1-2,5-8H2,(H,15,16). The van der Waals surface area contributed by atoms with E-state index in [1.54, 1.807) is 12.1 Å². The molecule has 5 heteroatoms. The van der Waals surface area contributed by atoms with Gasteiger partial charge in [0.05, 0.1) is 0 Å². The quantitative estimate of drug-likeness (QED) is 0.856. The summed E-state index contributed by atoms with van der Waals surface area (Å²) in [6.45, 7) is 0.605. The molecule has 1 fully saturated rings. The summed E-state index contributed by atoms with van der Waals surface area (Å²) >= 11 is 11.6. The maximum absolute atomic E-state index is 11.8. The van der Waals surface area contributed by atoms with Gasteiger partial charge in [0.1, 0.15) is 0 Å². The number of hydrogen-bond acceptors (Lipinski definition) is 2. The van der Waals surface area contributed by atoms with Crippen molar-refractivity contribution in [2.75, 3.05) is 12.4 Å². The molecule has 1 amide bonds. The van der Waals surface area contributed by atoms with Gasteiger partial charge in [-0.15, -0.1) is 11.6 Å². The predicted molar refractivity (Wildman–Crippen MR) is 67.7 cm³/mol. The Morgan fingerprint density at radius 1 is 1.41 bits per heavy atom. The van der Waals surface area contributed by atoms with Gasteiger partial charge in [0, 0.05) is 17.8 Å². The molecule has 0 saturated heterocycles. The van der Waals surface area contributed by atoms with Gasteiger partial charge in [0.25, 0.3) is 5.91 Å². The summed E-state index contributed by atoms with van der Waals surface area (Å²) in [4.78, 5) is 11.8. The zero-order valence-electron chi connectivity index (χ0n) is 9.47. The maximum atomic E-state index is 11.8. The number of hydrogen-bond donors (Lipinski definition) is 1. The molecule has 1 aliphatic rings. The Balaban J connectivity index is 1.91. The largest absolute Gasteiger partial charge is 0.440 e. The van der Waals surface area contributed by atoms with Crippen molar-refractivity contribution in [3.05, 3.63) is 23.1 Å². The third kappa shape index (κ3) is 2.96. The van der Waals surface area contributed by atoms with Crippen molar-refractivity contribution < 1.29 is 9.21 Å². The summed E-state index contributed by atoms with van der Waals surface area (Å²) in [6.07, 6.45) is 4.54. The second kappa shape index (κ2) is 5.32. The third-order valence-corrected chi connectivity index (χ3v) is 4.14. The molecule has 0 unspecified atom stereocenters. The molecule has 94 valence electrons. The first-order valence-corrected chi connectivity index (χ1v) is 6.66. The number of nitrogens with one attached hydrogen (secondary N) is 1. The lowest BCUT2D eigenvalue weighted by Gasteiger charge is -2.26. The summed E-state index contributed by atoms with van der Waals surface area (Å²) in [5, 5.41) is 3.10. The fourth-order valence-electron chi connectivity index (χ4n) is 2.27. The predicted octanol–water partition coefficient (Wildman–Crippen LogP) is 3.46. The zero-order chi connectivity index (χ0) is 12.3. The molecule has 3 nitrogen and oxygen atoms in total. The Morgan fingerprint density at radius 3 is 2.65 bits per heavy atom. The van der Waals surface area contributed by atoms with E-state index in [9.17, 15) is 4.79 Å². The fourth-order valence-corrected chi connectivity index (χ4v) is 2.78. The Hall–Kier alpha value is -0.670. The highest BCUT2D eigenvalue weighted by atomic mass is 35.5. The van der Waals surface area contributed by atoms with Crippen LogP contribution < -0.4 is 5.32 Å². The van der Waals surface area contributed by atoms with Crippen molar-refractivity contribution in [1.29, 1.82) is 0 Å². The van der Waals surface area contributed by atoms with E-state index in [1.807, 2.05) is 0 Å². The van der Waals surface area contributed by atoms with Gasteiger partial charge in [-0.1, -0.05) is 12.8 Å². The van der Waals surface area contributed by atoms with E-state index in [2.05, 4.69) is 5.32 Å². The molecule has 1 aromatic rings. The first-order chi connectivity index (χ1) is 8.15. The van der Waals surface area contributed by atoms with Gasteiger partial charge >= 0.3 is 0 Å². The maximum Gasteiger partial charge on any atom is 0.287 e. The van der Waals surface area contributed by atoms with Crippen LogP contribution in [0.15, 0.2) is 16.5 Å². The molecular weight excluding hydrogens is 261 g/mol. The number of carbonyl (C=O) groups excluding carboxylic acids is 1. The molecule has 17 heavy (non-hydrogen) atoms. The Kier molecular flexibility index (Phi) is 4.00. The van der Waals surface area contributed by atoms with Crippen LogP contribution in [0.5, 0.6) is 0 Å². The average molecular weight is 276 g/mol. The van der Waals surface area contributed by atoms with Gasteiger partial charge in [-0.25, -0.2) is 0 Å². The SMILES string of the molecule is O=C(NCC1(CCl)CCCC1)c1ccc(Cl)o1. The highest BCUT2D eigenvalue weighted by molar-refractivity contribution is 6.29. The van der Waals surface area contributed by atoms with Crippen molar-refractivity contribution in [2.24, 2.45) is 5.41 Å². The molecule has 1 saturated carbocycles. The fraction of sp³-hybridized carbons (Fsp3) is 0.583. The zero-order valence-corrected chi connectivity index (χ0v) is 11.0. The third-order valence-electron chi connectivity index (χ3n) is 3.37. The van der Waals surface area contributed by atoms with E-state index in [4.69, 9.17) is 27.6 Å². The van der Waals surface area contributed by atoms with E-state index in [-0.39, 0.29) is 22.3 Å². The Labute approximate surface area is 110 Å². The summed E-state index contributed by atoms with van der Waals surface area (Å²) in [7, 11) is 0. The molecule has 2 rings (SSSR count). The lowest BCUT2D eigenvalue weighted by Crippen LogP contribution is -2.37. The van der Waals surface area contributed by atoms with Crippen LogP contribution in [0.4, 0.5) is 0 Å². The molecule has 1 heterocycles. The summed E-state index contributed by atoms with van der Waals surface area (Å²) < 4.78 is 5.05. The minimum Gasteiger partial charge on any atom is -0.440 e. The number of carbonyl (C=O) groups is 1. The monoisotopic (exact) mass is 275 g/mol.